The van der Waals surface area contributed by atoms with Gasteiger partial charge in [-0.3, -0.25) is 4.79 Å². The third kappa shape index (κ3) is 3.97. The molecule has 0 unspecified atom stereocenters. The lowest BCUT2D eigenvalue weighted by Gasteiger charge is -2.22. The van der Waals surface area contributed by atoms with E-state index >= 15 is 0 Å². The lowest BCUT2D eigenvalue weighted by molar-refractivity contribution is 0.0751. The predicted octanol–water partition coefficient (Wildman–Crippen LogP) is 3.84. The minimum absolute atomic E-state index is 0.00954. The molecular weight excluding hydrogens is 278 g/mol. The molecule has 2 rings (SSSR count). The van der Waals surface area contributed by atoms with Crippen LogP contribution in [0.15, 0.2) is 39.5 Å². The molecule has 0 bridgehead atoms. The fourth-order valence-electron chi connectivity index (χ4n) is 2.39. The van der Waals surface area contributed by atoms with Crippen LogP contribution >= 0.6 is 0 Å². The summed E-state index contributed by atoms with van der Waals surface area (Å²) in [7, 11) is 0. The van der Waals surface area contributed by atoms with Gasteiger partial charge >= 0.3 is 5.63 Å². The molecule has 1 amide bonds. The van der Waals surface area contributed by atoms with E-state index in [2.05, 4.69) is 13.8 Å². The molecule has 0 radical (unpaired) electrons. The number of rotatable bonds is 7. The quantitative estimate of drug-likeness (QED) is 0.730. The van der Waals surface area contributed by atoms with Crippen molar-refractivity contribution in [1.82, 2.24) is 4.90 Å². The van der Waals surface area contributed by atoms with E-state index in [1.54, 1.807) is 18.2 Å². The normalized spacial score (nSPS) is 10.8. The predicted molar refractivity (Wildman–Crippen MR) is 88.2 cm³/mol. The number of fused-ring (bicyclic) bond motifs is 1. The standard InChI is InChI=1S/C18H23NO3/c1-3-5-11-19(12-6-4-2)18(21)15-8-7-14-9-10-17(20)22-16(14)13-15/h7-10,13H,3-6,11-12H2,1-2H3. The monoisotopic (exact) mass is 301 g/mol. The smallest absolute Gasteiger partial charge is 0.336 e. The van der Waals surface area contributed by atoms with Crippen molar-refractivity contribution in [3.63, 3.8) is 0 Å². The summed E-state index contributed by atoms with van der Waals surface area (Å²) in [6.45, 7) is 5.78. The summed E-state index contributed by atoms with van der Waals surface area (Å²) < 4.78 is 5.17. The maximum absolute atomic E-state index is 12.7. The van der Waals surface area contributed by atoms with Gasteiger partial charge in [0.25, 0.3) is 5.91 Å². The van der Waals surface area contributed by atoms with Crippen LogP contribution in [0.25, 0.3) is 11.0 Å². The van der Waals surface area contributed by atoms with Crippen molar-refractivity contribution >= 4 is 16.9 Å². The SMILES string of the molecule is CCCCN(CCCC)C(=O)c1ccc2ccc(=O)oc2c1. The van der Waals surface area contributed by atoms with Gasteiger partial charge in [-0.2, -0.15) is 0 Å². The van der Waals surface area contributed by atoms with Gasteiger partial charge in [-0.15, -0.1) is 0 Å². The van der Waals surface area contributed by atoms with Crippen LogP contribution < -0.4 is 5.63 Å². The molecule has 118 valence electrons. The van der Waals surface area contributed by atoms with Crippen LogP contribution in [0.2, 0.25) is 0 Å². The Kier molecular flexibility index (Phi) is 5.75. The molecule has 0 atom stereocenters. The van der Waals surface area contributed by atoms with Crippen molar-refractivity contribution in [2.45, 2.75) is 39.5 Å². The maximum atomic E-state index is 12.7. The Balaban J connectivity index is 2.26. The molecule has 2 aromatic rings. The first-order valence-corrected chi connectivity index (χ1v) is 7.99. The zero-order valence-electron chi connectivity index (χ0n) is 13.3. The van der Waals surface area contributed by atoms with Crippen molar-refractivity contribution in [2.24, 2.45) is 0 Å². The molecular formula is C18H23NO3. The summed E-state index contributed by atoms with van der Waals surface area (Å²) in [5.74, 6) is 0.00954. The van der Waals surface area contributed by atoms with E-state index in [0.717, 1.165) is 44.2 Å². The summed E-state index contributed by atoms with van der Waals surface area (Å²) in [6.07, 6.45) is 4.11. The molecule has 1 heterocycles. The van der Waals surface area contributed by atoms with Gasteiger partial charge in [0.05, 0.1) is 0 Å². The molecule has 22 heavy (non-hydrogen) atoms. The summed E-state index contributed by atoms with van der Waals surface area (Å²) in [5.41, 5.74) is 0.643. The van der Waals surface area contributed by atoms with Crippen LogP contribution in [0.1, 0.15) is 49.9 Å². The number of carbonyl (C=O) groups is 1. The Labute approximate surface area is 130 Å². The van der Waals surface area contributed by atoms with Crippen molar-refractivity contribution in [3.05, 3.63) is 46.3 Å². The molecule has 4 nitrogen and oxygen atoms in total. The molecule has 1 aromatic carbocycles. The van der Waals surface area contributed by atoms with Crippen molar-refractivity contribution in [2.75, 3.05) is 13.1 Å². The van der Waals surface area contributed by atoms with E-state index in [9.17, 15) is 9.59 Å². The number of unbranched alkanes of at least 4 members (excludes halogenated alkanes) is 2. The number of nitrogens with zero attached hydrogens (tertiary/aromatic N) is 1. The fraction of sp³-hybridized carbons (Fsp3) is 0.444. The second kappa shape index (κ2) is 7.78. The molecule has 0 fully saturated rings. The van der Waals surface area contributed by atoms with Crippen molar-refractivity contribution in [3.8, 4) is 0 Å². The minimum Gasteiger partial charge on any atom is -0.423 e. The van der Waals surface area contributed by atoms with Crippen molar-refractivity contribution in [1.29, 1.82) is 0 Å². The second-order valence-corrected chi connectivity index (χ2v) is 5.51. The number of hydrogen-bond acceptors (Lipinski definition) is 3. The lowest BCUT2D eigenvalue weighted by atomic mass is 10.1. The number of benzene rings is 1. The van der Waals surface area contributed by atoms with E-state index < -0.39 is 5.63 Å². The first-order chi connectivity index (χ1) is 10.7. The molecule has 4 heteroatoms. The second-order valence-electron chi connectivity index (χ2n) is 5.51. The molecule has 0 aliphatic rings. The highest BCUT2D eigenvalue weighted by Gasteiger charge is 2.15. The van der Waals surface area contributed by atoms with Crippen LogP contribution in [0, 0.1) is 0 Å². The number of amides is 1. The molecule has 0 N–H and O–H groups in total. The van der Waals surface area contributed by atoms with Gasteiger partial charge in [0.2, 0.25) is 0 Å². The highest BCUT2D eigenvalue weighted by atomic mass is 16.4. The number of carbonyl (C=O) groups excluding carboxylic acids is 1. The zero-order chi connectivity index (χ0) is 15.9. The average Bonchev–Trinajstić information content (AvgIpc) is 2.53. The van der Waals surface area contributed by atoms with Gasteiger partial charge in [0.1, 0.15) is 5.58 Å². The van der Waals surface area contributed by atoms with Gasteiger partial charge in [0.15, 0.2) is 0 Å². The Morgan fingerprint density at radius 3 is 2.32 bits per heavy atom. The Hall–Kier alpha value is -2.10. The summed E-state index contributed by atoms with van der Waals surface area (Å²) in [6, 6.07) is 8.39. The topological polar surface area (TPSA) is 50.5 Å². The van der Waals surface area contributed by atoms with E-state index in [4.69, 9.17) is 4.42 Å². The van der Waals surface area contributed by atoms with Crippen LogP contribution in [0.4, 0.5) is 0 Å². The molecule has 0 aliphatic carbocycles. The van der Waals surface area contributed by atoms with Gasteiger partial charge in [-0.1, -0.05) is 32.8 Å². The Bertz CT molecular complexity index is 682. The molecule has 0 saturated heterocycles. The third-order valence-electron chi connectivity index (χ3n) is 3.72. The molecule has 1 aromatic heterocycles. The van der Waals surface area contributed by atoms with Crippen LogP contribution in [0.3, 0.4) is 0 Å². The van der Waals surface area contributed by atoms with E-state index in [1.807, 2.05) is 11.0 Å². The van der Waals surface area contributed by atoms with Crippen LogP contribution in [0.5, 0.6) is 0 Å². The number of hydrogen-bond donors (Lipinski definition) is 0. The van der Waals surface area contributed by atoms with Gasteiger partial charge in [-0.25, -0.2) is 4.79 Å². The largest absolute Gasteiger partial charge is 0.423 e. The zero-order valence-corrected chi connectivity index (χ0v) is 13.3. The molecule has 0 aliphatic heterocycles. The summed E-state index contributed by atoms with van der Waals surface area (Å²) >= 11 is 0. The maximum Gasteiger partial charge on any atom is 0.336 e. The van der Waals surface area contributed by atoms with Gasteiger partial charge in [0, 0.05) is 30.1 Å². The first-order valence-electron chi connectivity index (χ1n) is 7.99. The molecule has 0 spiro atoms. The Morgan fingerprint density at radius 1 is 1.05 bits per heavy atom. The third-order valence-corrected chi connectivity index (χ3v) is 3.72. The summed E-state index contributed by atoms with van der Waals surface area (Å²) in [4.78, 5) is 25.9. The van der Waals surface area contributed by atoms with E-state index in [1.165, 1.54) is 6.07 Å². The molecule has 0 saturated carbocycles. The van der Waals surface area contributed by atoms with Crippen LogP contribution in [-0.4, -0.2) is 23.9 Å². The van der Waals surface area contributed by atoms with E-state index in [-0.39, 0.29) is 5.91 Å². The fourth-order valence-corrected chi connectivity index (χ4v) is 2.39. The first kappa shape index (κ1) is 16.3. The van der Waals surface area contributed by atoms with Gasteiger partial charge < -0.3 is 9.32 Å². The highest BCUT2D eigenvalue weighted by molar-refractivity contribution is 5.97. The highest BCUT2D eigenvalue weighted by Crippen LogP contribution is 2.16. The van der Waals surface area contributed by atoms with Crippen LogP contribution in [-0.2, 0) is 0 Å². The Morgan fingerprint density at radius 2 is 1.68 bits per heavy atom. The summed E-state index contributed by atoms with van der Waals surface area (Å²) in [5, 5.41) is 0.824. The van der Waals surface area contributed by atoms with E-state index in [0.29, 0.717) is 11.1 Å². The van der Waals surface area contributed by atoms with Crippen molar-refractivity contribution < 1.29 is 9.21 Å². The van der Waals surface area contributed by atoms with Gasteiger partial charge in [-0.05, 0) is 31.0 Å². The minimum atomic E-state index is -0.397. The average molecular weight is 301 g/mol. The lowest BCUT2D eigenvalue weighted by Crippen LogP contribution is -2.32.